The number of rotatable bonds is 7. The van der Waals surface area contributed by atoms with Crippen molar-refractivity contribution in [1.29, 1.82) is 0 Å². The van der Waals surface area contributed by atoms with Crippen molar-refractivity contribution in [3.8, 4) is 0 Å². The van der Waals surface area contributed by atoms with Gasteiger partial charge >= 0.3 is 0 Å². The number of likely N-dealkylation sites (tertiary alicyclic amines) is 1. The molecule has 1 amide bonds. The fourth-order valence-corrected chi connectivity index (χ4v) is 2.62. The van der Waals surface area contributed by atoms with Crippen LogP contribution in [0.1, 0.15) is 32.6 Å². The molecule has 0 bridgehead atoms. The third-order valence-corrected chi connectivity index (χ3v) is 3.77. The SMILES string of the molecule is CCCNC(=NC)NCCCN1CCCC1C(=O)N(C)C.I. The standard InChI is InChI=1S/C15H31N5O.HI/c1-5-9-17-15(16-2)18-10-7-12-20-11-6-8-13(20)14(21)19(3)4;/h13H,5-12H2,1-4H3,(H2,16,17,18);1H. The molecule has 6 nitrogen and oxygen atoms in total. The quantitative estimate of drug-likeness (QED) is 0.278. The Morgan fingerprint density at radius 1 is 1.32 bits per heavy atom. The van der Waals surface area contributed by atoms with Gasteiger partial charge in [-0.2, -0.15) is 0 Å². The molecule has 0 radical (unpaired) electrons. The van der Waals surface area contributed by atoms with Crippen molar-refractivity contribution in [2.75, 3.05) is 47.3 Å². The molecule has 1 aliphatic heterocycles. The van der Waals surface area contributed by atoms with Crippen LogP contribution in [-0.4, -0.2) is 75.0 Å². The van der Waals surface area contributed by atoms with Gasteiger partial charge in [0.05, 0.1) is 6.04 Å². The first-order valence-corrected chi connectivity index (χ1v) is 7.99. The first-order chi connectivity index (χ1) is 10.1. The van der Waals surface area contributed by atoms with E-state index in [4.69, 9.17) is 0 Å². The lowest BCUT2D eigenvalue weighted by molar-refractivity contribution is -0.133. The maximum absolute atomic E-state index is 12.1. The van der Waals surface area contributed by atoms with Crippen LogP contribution in [0.4, 0.5) is 0 Å². The molecule has 1 rings (SSSR count). The molecule has 0 aromatic carbocycles. The molecule has 2 N–H and O–H groups in total. The predicted octanol–water partition coefficient (Wildman–Crippen LogP) is 1.12. The fraction of sp³-hybridized carbons (Fsp3) is 0.867. The molecule has 0 saturated carbocycles. The Balaban J connectivity index is 0.00000441. The number of carbonyl (C=O) groups is 1. The first kappa shape index (κ1) is 21.4. The smallest absolute Gasteiger partial charge is 0.239 e. The number of hydrogen-bond donors (Lipinski definition) is 2. The van der Waals surface area contributed by atoms with Gasteiger partial charge < -0.3 is 15.5 Å². The normalized spacial score (nSPS) is 18.7. The Morgan fingerprint density at radius 2 is 2.00 bits per heavy atom. The van der Waals surface area contributed by atoms with Gasteiger partial charge in [-0.05, 0) is 32.2 Å². The summed E-state index contributed by atoms with van der Waals surface area (Å²) in [5.74, 6) is 1.10. The summed E-state index contributed by atoms with van der Waals surface area (Å²) >= 11 is 0. The largest absolute Gasteiger partial charge is 0.356 e. The molecule has 1 aliphatic rings. The summed E-state index contributed by atoms with van der Waals surface area (Å²) in [6.07, 6.45) is 4.22. The second kappa shape index (κ2) is 11.9. The van der Waals surface area contributed by atoms with Gasteiger partial charge in [-0.1, -0.05) is 6.92 Å². The van der Waals surface area contributed by atoms with E-state index in [0.717, 1.165) is 57.8 Å². The van der Waals surface area contributed by atoms with Crippen molar-refractivity contribution in [2.24, 2.45) is 4.99 Å². The maximum atomic E-state index is 12.1. The molecule has 22 heavy (non-hydrogen) atoms. The number of nitrogens with one attached hydrogen (secondary N) is 2. The van der Waals surface area contributed by atoms with E-state index in [2.05, 4.69) is 27.4 Å². The number of hydrogen-bond acceptors (Lipinski definition) is 3. The van der Waals surface area contributed by atoms with E-state index in [-0.39, 0.29) is 35.9 Å². The van der Waals surface area contributed by atoms with E-state index in [0.29, 0.717) is 0 Å². The van der Waals surface area contributed by atoms with Gasteiger partial charge in [-0.25, -0.2) is 0 Å². The highest BCUT2D eigenvalue weighted by atomic mass is 127. The van der Waals surface area contributed by atoms with E-state index in [1.165, 1.54) is 0 Å². The highest BCUT2D eigenvalue weighted by molar-refractivity contribution is 14.0. The minimum Gasteiger partial charge on any atom is -0.356 e. The van der Waals surface area contributed by atoms with Crippen molar-refractivity contribution in [1.82, 2.24) is 20.4 Å². The Bertz CT molecular complexity index is 349. The number of halogens is 1. The fourth-order valence-electron chi connectivity index (χ4n) is 2.62. The molecule has 0 aromatic rings. The molecule has 1 unspecified atom stereocenters. The monoisotopic (exact) mass is 425 g/mol. The van der Waals surface area contributed by atoms with Gasteiger partial charge in [0, 0.05) is 40.8 Å². The third-order valence-electron chi connectivity index (χ3n) is 3.77. The molecule has 1 saturated heterocycles. The molecule has 0 aromatic heterocycles. The van der Waals surface area contributed by atoms with E-state index >= 15 is 0 Å². The van der Waals surface area contributed by atoms with Crippen molar-refractivity contribution < 1.29 is 4.79 Å². The van der Waals surface area contributed by atoms with E-state index < -0.39 is 0 Å². The molecular weight excluding hydrogens is 393 g/mol. The first-order valence-electron chi connectivity index (χ1n) is 7.99. The number of amides is 1. The minimum absolute atomic E-state index is 0. The van der Waals surface area contributed by atoms with Crippen LogP contribution in [0.2, 0.25) is 0 Å². The molecular formula is C15H32IN5O. The van der Waals surface area contributed by atoms with Gasteiger partial charge in [0.25, 0.3) is 0 Å². The zero-order valence-electron chi connectivity index (χ0n) is 14.4. The molecule has 130 valence electrons. The molecule has 1 fully saturated rings. The van der Waals surface area contributed by atoms with E-state index in [1.54, 1.807) is 11.9 Å². The number of likely N-dealkylation sites (N-methyl/N-ethyl adjacent to an activating group) is 1. The van der Waals surface area contributed by atoms with Crippen LogP contribution < -0.4 is 10.6 Å². The Hall–Kier alpha value is -0.570. The van der Waals surface area contributed by atoms with Crippen LogP contribution >= 0.6 is 24.0 Å². The molecule has 1 atom stereocenters. The summed E-state index contributed by atoms with van der Waals surface area (Å²) in [4.78, 5) is 20.3. The van der Waals surface area contributed by atoms with Gasteiger partial charge in [0.1, 0.15) is 0 Å². The lowest BCUT2D eigenvalue weighted by Crippen LogP contribution is -2.44. The minimum atomic E-state index is 0. The van der Waals surface area contributed by atoms with Gasteiger partial charge in [-0.15, -0.1) is 24.0 Å². The number of nitrogens with zero attached hydrogens (tertiary/aromatic N) is 3. The summed E-state index contributed by atoms with van der Waals surface area (Å²) < 4.78 is 0. The number of carbonyl (C=O) groups excluding carboxylic acids is 1. The molecule has 1 heterocycles. The highest BCUT2D eigenvalue weighted by Crippen LogP contribution is 2.18. The molecule has 0 spiro atoms. The van der Waals surface area contributed by atoms with Crippen LogP contribution in [0, 0.1) is 0 Å². The maximum Gasteiger partial charge on any atom is 0.239 e. The summed E-state index contributed by atoms with van der Waals surface area (Å²) in [6.45, 7) is 5.94. The lowest BCUT2D eigenvalue weighted by atomic mass is 10.2. The van der Waals surface area contributed by atoms with Gasteiger partial charge in [0.2, 0.25) is 5.91 Å². The van der Waals surface area contributed by atoms with Crippen molar-refractivity contribution in [3.63, 3.8) is 0 Å². The van der Waals surface area contributed by atoms with Gasteiger partial charge in [-0.3, -0.25) is 14.7 Å². The molecule has 7 heteroatoms. The second-order valence-corrected chi connectivity index (χ2v) is 5.71. The second-order valence-electron chi connectivity index (χ2n) is 5.71. The topological polar surface area (TPSA) is 60.0 Å². The average Bonchev–Trinajstić information content (AvgIpc) is 2.93. The van der Waals surface area contributed by atoms with Crippen LogP contribution in [-0.2, 0) is 4.79 Å². The highest BCUT2D eigenvalue weighted by Gasteiger charge is 2.30. The number of guanidine groups is 1. The van der Waals surface area contributed by atoms with Crippen LogP contribution in [0.25, 0.3) is 0 Å². The van der Waals surface area contributed by atoms with Crippen LogP contribution in [0.15, 0.2) is 4.99 Å². The lowest BCUT2D eigenvalue weighted by Gasteiger charge is -2.26. The zero-order chi connectivity index (χ0) is 15.7. The van der Waals surface area contributed by atoms with Crippen molar-refractivity contribution in [2.45, 2.75) is 38.6 Å². The average molecular weight is 425 g/mol. The Morgan fingerprint density at radius 3 is 2.59 bits per heavy atom. The van der Waals surface area contributed by atoms with E-state index in [1.807, 2.05) is 14.1 Å². The van der Waals surface area contributed by atoms with E-state index in [9.17, 15) is 4.79 Å². The van der Waals surface area contributed by atoms with Crippen molar-refractivity contribution in [3.05, 3.63) is 0 Å². The predicted molar refractivity (Wildman–Crippen MR) is 103 cm³/mol. The Labute approximate surface area is 152 Å². The summed E-state index contributed by atoms with van der Waals surface area (Å²) in [6, 6.07) is 0.0810. The summed E-state index contributed by atoms with van der Waals surface area (Å²) in [5.41, 5.74) is 0. The van der Waals surface area contributed by atoms with Crippen molar-refractivity contribution >= 4 is 35.8 Å². The van der Waals surface area contributed by atoms with Crippen LogP contribution in [0.5, 0.6) is 0 Å². The Kier molecular flexibility index (Phi) is 11.6. The summed E-state index contributed by atoms with van der Waals surface area (Å²) in [7, 11) is 5.46. The number of aliphatic imine (C=N–C) groups is 1. The zero-order valence-corrected chi connectivity index (χ0v) is 16.7. The summed E-state index contributed by atoms with van der Waals surface area (Å²) in [5, 5.41) is 6.57. The third kappa shape index (κ3) is 7.13. The van der Waals surface area contributed by atoms with Gasteiger partial charge in [0.15, 0.2) is 5.96 Å². The molecule has 0 aliphatic carbocycles. The van der Waals surface area contributed by atoms with Crippen LogP contribution in [0.3, 0.4) is 0 Å².